The minimum atomic E-state index is -0.578. The molecule has 1 amide bonds. The molecule has 21 heavy (non-hydrogen) atoms. The predicted octanol–water partition coefficient (Wildman–Crippen LogP) is 2.59. The van der Waals surface area contributed by atoms with E-state index in [1.165, 1.54) is 24.8 Å². The zero-order chi connectivity index (χ0) is 15.2. The third kappa shape index (κ3) is 4.70. The van der Waals surface area contributed by atoms with Gasteiger partial charge in [0.15, 0.2) is 6.61 Å². The second-order valence-electron chi connectivity index (χ2n) is 5.38. The maximum absolute atomic E-state index is 11.8. The summed E-state index contributed by atoms with van der Waals surface area (Å²) >= 11 is 5.64. The summed E-state index contributed by atoms with van der Waals surface area (Å²) in [7, 11) is 0. The Labute approximate surface area is 129 Å². The second-order valence-corrected chi connectivity index (χ2v) is 5.77. The SMILES string of the molecule is C[C@H]1CCCC[C@@H]1NC(=O)COC(=O)c1ccc(Cl)nc1. The van der Waals surface area contributed by atoms with Crippen molar-refractivity contribution in [2.45, 2.75) is 38.6 Å². The number of carbonyl (C=O) groups is 2. The molecule has 1 aromatic rings. The lowest BCUT2D eigenvalue weighted by atomic mass is 9.86. The number of halogens is 1. The molecule has 6 heteroatoms. The number of rotatable bonds is 4. The molecular formula is C15H19ClN2O3. The van der Waals surface area contributed by atoms with Crippen molar-refractivity contribution in [2.24, 2.45) is 5.92 Å². The Balaban J connectivity index is 1.78. The molecule has 0 spiro atoms. The monoisotopic (exact) mass is 310 g/mol. The van der Waals surface area contributed by atoms with Crippen LogP contribution in [0.3, 0.4) is 0 Å². The van der Waals surface area contributed by atoms with Crippen LogP contribution in [0, 0.1) is 5.92 Å². The van der Waals surface area contributed by atoms with Crippen molar-refractivity contribution in [3.63, 3.8) is 0 Å². The summed E-state index contributed by atoms with van der Waals surface area (Å²) in [5, 5.41) is 3.23. The lowest BCUT2D eigenvalue weighted by Gasteiger charge is -2.29. The Hall–Kier alpha value is -1.62. The number of aromatic nitrogens is 1. The number of hydrogen-bond acceptors (Lipinski definition) is 4. The van der Waals surface area contributed by atoms with Crippen LogP contribution in [-0.2, 0) is 9.53 Å². The lowest BCUT2D eigenvalue weighted by molar-refractivity contribution is -0.125. The summed E-state index contributed by atoms with van der Waals surface area (Å²) in [6.07, 6.45) is 5.78. The van der Waals surface area contributed by atoms with E-state index in [2.05, 4.69) is 17.2 Å². The molecule has 1 aliphatic rings. The molecule has 5 nitrogen and oxygen atoms in total. The molecule has 0 aliphatic heterocycles. The van der Waals surface area contributed by atoms with Crippen LogP contribution >= 0.6 is 11.6 Å². The molecule has 114 valence electrons. The average molecular weight is 311 g/mol. The number of pyridine rings is 1. The Morgan fingerprint density at radius 3 is 2.81 bits per heavy atom. The van der Waals surface area contributed by atoms with Crippen LogP contribution in [0.5, 0.6) is 0 Å². The fourth-order valence-electron chi connectivity index (χ4n) is 2.49. The van der Waals surface area contributed by atoms with E-state index in [1.807, 2.05) is 0 Å². The van der Waals surface area contributed by atoms with Crippen molar-refractivity contribution in [1.29, 1.82) is 0 Å². The van der Waals surface area contributed by atoms with E-state index in [-0.39, 0.29) is 24.1 Å². The van der Waals surface area contributed by atoms with Gasteiger partial charge in [-0.1, -0.05) is 31.4 Å². The standard InChI is InChI=1S/C15H19ClN2O3/c1-10-4-2-3-5-12(10)18-14(19)9-21-15(20)11-6-7-13(16)17-8-11/h6-8,10,12H,2-5,9H2,1H3,(H,18,19)/t10-,12-/m0/s1. The van der Waals surface area contributed by atoms with Crippen molar-refractivity contribution in [2.75, 3.05) is 6.61 Å². The highest BCUT2D eigenvalue weighted by Gasteiger charge is 2.23. The first kappa shape index (κ1) is 15.8. The van der Waals surface area contributed by atoms with Crippen LogP contribution in [0.15, 0.2) is 18.3 Å². The fourth-order valence-corrected chi connectivity index (χ4v) is 2.60. The first-order chi connectivity index (χ1) is 10.1. The topological polar surface area (TPSA) is 68.3 Å². The van der Waals surface area contributed by atoms with Gasteiger partial charge < -0.3 is 10.1 Å². The number of nitrogens with zero attached hydrogens (tertiary/aromatic N) is 1. The van der Waals surface area contributed by atoms with Gasteiger partial charge in [-0.15, -0.1) is 0 Å². The summed E-state index contributed by atoms with van der Waals surface area (Å²) < 4.78 is 4.97. The van der Waals surface area contributed by atoms with Gasteiger partial charge in [0.25, 0.3) is 5.91 Å². The van der Waals surface area contributed by atoms with Gasteiger partial charge in [-0.25, -0.2) is 9.78 Å². The van der Waals surface area contributed by atoms with Crippen molar-refractivity contribution < 1.29 is 14.3 Å². The Morgan fingerprint density at radius 1 is 1.38 bits per heavy atom. The normalized spacial score (nSPS) is 21.6. The molecule has 0 aromatic carbocycles. The molecule has 1 aromatic heterocycles. The van der Waals surface area contributed by atoms with E-state index >= 15 is 0 Å². The molecular weight excluding hydrogens is 292 g/mol. The van der Waals surface area contributed by atoms with Gasteiger partial charge in [0, 0.05) is 12.2 Å². The molecule has 1 N–H and O–H groups in total. The number of carbonyl (C=O) groups excluding carboxylic acids is 2. The number of esters is 1. The molecule has 1 aliphatic carbocycles. The predicted molar refractivity (Wildman–Crippen MR) is 79.1 cm³/mol. The Bertz CT molecular complexity index is 504. The molecule has 0 unspecified atom stereocenters. The van der Waals surface area contributed by atoms with Crippen molar-refractivity contribution >= 4 is 23.5 Å². The van der Waals surface area contributed by atoms with Gasteiger partial charge in [-0.3, -0.25) is 4.79 Å². The number of nitrogens with one attached hydrogen (secondary N) is 1. The van der Waals surface area contributed by atoms with Gasteiger partial charge in [0.1, 0.15) is 5.15 Å². The molecule has 1 saturated carbocycles. The average Bonchev–Trinajstić information content (AvgIpc) is 2.48. The van der Waals surface area contributed by atoms with Crippen molar-refractivity contribution in [3.05, 3.63) is 29.0 Å². The zero-order valence-corrected chi connectivity index (χ0v) is 12.7. The number of ether oxygens (including phenoxy) is 1. The third-order valence-electron chi connectivity index (χ3n) is 3.76. The maximum Gasteiger partial charge on any atom is 0.340 e. The van der Waals surface area contributed by atoms with Crippen LogP contribution in [0.2, 0.25) is 5.15 Å². The van der Waals surface area contributed by atoms with E-state index in [1.54, 1.807) is 0 Å². The van der Waals surface area contributed by atoms with Gasteiger partial charge in [0.2, 0.25) is 0 Å². The highest BCUT2D eigenvalue weighted by Crippen LogP contribution is 2.23. The summed E-state index contributed by atoms with van der Waals surface area (Å²) in [4.78, 5) is 27.3. The number of hydrogen-bond donors (Lipinski definition) is 1. The number of amides is 1. The van der Waals surface area contributed by atoms with Crippen LogP contribution in [0.1, 0.15) is 43.0 Å². The zero-order valence-electron chi connectivity index (χ0n) is 12.0. The van der Waals surface area contributed by atoms with Gasteiger partial charge in [0.05, 0.1) is 5.56 Å². The highest BCUT2D eigenvalue weighted by atomic mass is 35.5. The van der Waals surface area contributed by atoms with E-state index in [4.69, 9.17) is 16.3 Å². The smallest absolute Gasteiger partial charge is 0.340 e. The molecule has 0 bridgehead atoms. The van der Waals surface area contributed by atoms with E-state index < -0.39 is 5.97 Å². The minimum Gasteiger partial charge on any atom is -0.452 e. The molecule has 1 heterocycles. The fraction of sp³-hybridized carbons (Fsp3) is 0.533. The third-order valence-corrected chi connectivity index (χ3v) is 3.98. The van der Waals surface area contributed by atoms with Crippen LogP contribution in [0.4, 0.5) is 0 Å². The van der Waals surface area contributed by atoms with Gasteiger partial charge >= 0.3 is 5.97 Å². The first-order valence-electron chi connectivity index (χ1n) is 7.14. The maximum atomic E-state index is 11.8. The molecule has 2 atom stereocenters. The lowest BCUT2D eigenvalue weighted by Crippen LogP contribution is -2.42. The van der Waals surface area contributed by atoms with Crippen molar-refractivity contribution in [3.8, 4) is 0 Å². The van der Waals surface area contributed by atoms with Crippen molar-refractivity contribution in [1.82, 2.24) is 10.3 Å². The quantitative estimate of drug-likeness (QED) is 0.685. The van der Waals surface area contributed by atoms with E-state index in [0.717, 1.165) is 19.3 Å². The first-order valence-corrected chi connectivity index (χ1v) is 7.52. The van der Waals surface area contributed by atoms with E-state index in [9.17, 15) is 9.59 Å². The summed E-state index contributed by atoms with van der Waals surface area (Å²) in [6, 6.07) is 3.20. The van der Waals surface area contributed by atoms with Crippen LogP contribution in [0.25, 0.3) is 0 Å². The minimum absolute atomic E-state index is 0.183. The second kappa shape index (κ2) is 7.41. The molecule has 1 fully saturated rings. The van der Waals surface area contributed by atoms with Crippen LogP contribution in [-0.4, -0.2) is 29.5 Å². The Kier molecular flexibility index (Phi) is 5.56. The molecule has 0 radical (unpaired) electrons. The van der Waals surface area contributed by atoms with E-state index in [0.29, 0.717) is 11.1 Å². The Morgan fingerprint density at radius 2 is 2.14 bits per heavy atom. The van der Waals surface area contributed by atoms with Gasteiger partial charge in [-0.05, 0) is 30.9 Å². The summed E-state index contributed by atoms with van der Waals surface area (Å²) in [5.74, 6) is -0.367. The summed E-state index contributed by atoms with van der Waals surface area (Å²) in [5.41, 5.74) is 0.276. The largest absolute Gasteiger partial charge is 0.452 e. The summed E-state index contributed by atoms with van der Waals surface area (Å²) in [6.45, 7) is 1.86. The highest BCUT2D eigenvalue weighted by molar-refractivity contribution is 6.29. The molecule has 0 saturated heterocycles. The molecule has 2 rings (SSSR count). The van der Waals surface area contributed by atoms with Crippen LogP contribution < -0.4 is 5.32 Å². The van der Waals surface area contributed by atoms with Gasteiger partial charge in [-0.2, -0.15) is 0 Å².